The van der Waals surface area contributed by atoms with Gasteiger partial charge in [-0.3, -0.25) is 0 Å². The van der Waals surface area contributed by atoms with Gasteiger partial charge in [0.15, 0.2) is 0 Å². The lowest BCUT2D eigenvalue weighted by Crippen LogP contribution is -2.27. The Morgan fingerprint density at radius 1 is 1.05 bits per heavy atom. The Labute approximate surface area is 128 Å². The smallest absolute Gasteiger partial charge is 0.215 e. The van der Waals surface area contributed by atoms with Crippen LogP contribution in [0.1, 0.15) is 11.1 Å². The molecule has 0 unspecified atom stereocenters. The Morgan fingerprint density at radius 2 is 1.76 bits per heavy atom. The van der Waals surface area contributed by atoms with Gasteiger partial charge in [0.1, 0.15) is 5.82 Å². The lowest BCUT2D eigenvalue weighted by molar-refractivity contribution is 0.580. The van der Waals surface area contributed by atoms with Crippen LogP contribution in [0.2, 0.25) is 5.02 Å². The maximum absolute atomic E-state index is 12.8. The summed E-state index contributed by atoms with van der Waals surface area (Å²) in [7, 11) is -3.43. The van der Waals surface area contributed by atoms with Crippen LogP contribution in [-0.4, -0.2) is 15.0 Å². The summed E-state index contributed by atoms with van der Waals surface area (Å²) in [6, 6.07) is 12.7. The Balaban J connectivity index is 1.88. The molecule has 0 fully saturated rings. The van der Waals surface area contributed by atoms with Crippen LogP contribution in [0.25, 0.3) is 0 Å². The second kappa shape index (κ2) is 7.02. The molecule has 0 saturated carbocycles. The zero-order valence-electron chi connectivity index (χ0n) is 11.2. The minimum absolute atomic E-state index is 0.164. The molecule has 6 heteroatoms. The average molecular weight is 328 g/mol. The third-order valence-corrected chi connectivity index (χ3v) is 4.49. The van der Waals surface area contributed by atoms with Gasteiger partial charge in [-0.2, -0.15) is 0 Å². The van der Waals surface area contributed by atoms with Gasteiger partial charge in [-0.05, 0) is 41.8 Å². The van der Waals surface area contributed by atoms with Crippen LogP contribution in [0.3, 0.4) is 0 Å². The van der Waals surface area contributed by atoms with E-state index in [1.165, 1.54) is 24.3 Å². The molecule has 112 valence electrons. The topological polar surface area (TPSA) is 46.2 Å². The van der Waals surface area contributed by atoms with E-state index in [9.17, 15) is 12.8 Å². The van der Waals surface area contributed by atoms with Gasteiger partial charge < -0.3 is 0 Å². The SMILES string of the molecule is O=S(=O)(Cc1ccc(F)cc1)NCCc1cccc(Cl)c1. The Kier molecular flexibility index (Phi) is 5.33. The van der Waals surface area contributed by atoms with Crippen molar-refractivity contribution in [1.29, 1.82) is 0 Å². The Morgan fingerprint density at radius 3 is 2.43 bits per heavy atom. The van der Waals surface area contributed by atoms with E-state index in [2.05, 4.69) is 4.72 Å². The van der Waals surface area contributed by atoms with Crippen molar-refractivity contribution in [2.45, 2.75) is 12.2 Å². The predicted molar refractivity (Wildman–Crippen MR) is 82.2 cm³/mol. The Hall–Kier alpha value is -1.43. The standard InChI is InChI=1S/C15H15ClFNO2S/c16-14-3-1-2-12(10-14)8-9-18-21(19,20)11-13-4-6-15(17)7-5-13/h1-7,10,18H,8-9,11H2. The molecule has 0 aliphatic rings. The highest BCUT2D eigenvalue weighted by Crippen LogP contribution is 2.11. The summed E-state index contributed by atoms with van der Waals surface area (Å²) in [6.07, 6.45) is 0.559. The molecule has 0 radical (unpaired) electrons. The van der Waals surface area contributed by atoms with E-state index in [1.807, 2.05) is 12.1 Å². The number of benzene rings is 2. The molecule has 0 atom stereocenters. The van der Waals surface area contributed by atoms with Crippen LogP contribution < -0.4 is 4.72 Å². The predicted octanol–water partition coefficient (Wildman–Crippen LogP) is 3.14. The molecule has 21 heavy (non-hydrogen) atoms. The number of hydrogen-bond acceptors (Lipinski definition) is 2. The molecule has 0 aromatic heterocycles. The van der Waals surface area contributed by atoms with Gasteiger partial charge in [0, 0.05) is 11.6 Å². The van der Waals surface area contributed by atoms with Crippen LogP contribution in [0.15, 0.2) is 48.5 Å². The highest BCUT2D eigenvalue weighted by Gasteiger charge is 2.11. The molecular formula is C15H15ClFNO2S. The number of nitrogens with one attached hydrogen (secondary N) is 1. The van der Waals surface area contributed by atoms with Crippen molar-refractivity contribution < 1.29 is 12.8 Å². The highest BCUT2D eigenvalue weighted by molar-refractivity contribution is 7.88. The summed E-state index contributed by atoms with van der Waals surface area (Å²) in [5, 5.41) is 0.627. The van der Waals surface area contributed by atoms with Crippen molar-refractivity contribution in [2.75, 3.05) is 6.54 Å². The van der Waals surface area contributed by atoms with E-state index < -0.39 is 10.0 Å². The monoisotopic (exact) mass is 327 g/mol. The lowest BCUT2D eigenvalue weighted by Gasteiger charge is -2.07. The molecule has 2 rings (SSSR count). The van der Waals surface area contributed by atoms with E-state index in [-0.39, 0.29) is 11.6 Å². The summed E-state index contributed by atoms with van der Waals surface area (Å²) in [5.74, 6) is -0.548. The minimum atomic E-state index is -3.43. The number of rotatable bonds is 6. The fraction of sp³-hybridized carbons (Fsp3) is 0.200. The Bertz CT molecular complexity index is 702. The van der Waals surface area contributed by atoms with Gasteiger partial charge >= 0.3 is 0 Å². The molecule has 0 bridgehead atoms. The minimum Gasteiger partial charge on any atom is -0.215 e. The summed E-state index contributed by atoms with van der Waals surface area (Å²) < 4.78 is 39.1. The van der Waals surface area contributed by atoms with Crippen molar-refractivity contribution >= 4 is 21.6 Å². The van der Waals surface area contributed by atoms with Crippen molar-refractivity contribution in [3.05, 3.63) is 70.5 Å². The molecule has 1 N–H and O–H groups in total. The van der Waals surface area contributed by atoms with Gasteiger partial charge in [-0.15, -0.1) is 0 Å². The molecule has 3 nitrogen and oxygen atoms in total. The van der Waals surface area contributed by atoms with Crippen LogP contribution in [0, 0.1) is 5.82 Å². The number of hydrogen-bond donors (Lipinski definition) is 1. The molecule has 0 amide bonds. The number of sulfonamides is 1. The molecule has 0 spiro atoms. The number of halogens is 2. The maximum atomic E-state index is 12.8. The normalized spacial score (nSPS) is 11.5. The van der Waals surface area contributed by atoms with E-state index in [4.69, 9.17) is 11.6 Å². The largest absolute Gasteiger partial charge is 0.215 e. The average Bonchev–Trinajstić information content (AvgIpc) is 2.41. The summed E-state index contributed by atoms with van der Waals surface area (Å²) >= 11 is 5.86. The summed E-state index contributed by atoms with van der Waals surface area (Å²) in [5.41, 5.74) is 1.51. The van der Waals surface area contributed by atoms with Crippen molar-refractivity contribution in [1.82, 2.24) is 4.72 Å². The zero-order chi connectivity index (χ0) is 15.3. The first kappa shape index (κ1) is 15.9. The summed E-state index contributed by atoms with van der Waals surface area (Å²) in [6.45, 7) is 0.296. The molecule has 2 aromatic carbocycles. The quantitative estimate of drug-likeness (QED) is 0.886. The van der Waals surface area contributed by atoms with Crippen LogP contribution in [-0.2, 0) is 22.2 Å². The lowest BCUT2D eigenvalue weighted by atomic mass is 10.2. The van der Waals surface area contributed by atoms with E-state index >= 15 is 0 Å². The molecule has 0 saturated heterocycles. The van der Waals surface area contributed by atoms with Gasteiger partial charge in [-0.25, -0.2) is 17.5 Å². The molecule has 0 aliphatic heterocycles. The fourth-order valence-corrected chi connectivity index (χ4v) is 3.25. The van der Waals surface area contributed by atoms with Gasteiger partial charge in [0.2, 0.25) is 10.0 Å². The molecule has 2 aromatic rings. The summed E-state index contributed by atoms with van der Waals surface area (Å²) in [4.78, 5) is 0. The molecular weight excluding hydrogens is 313 g/mol. The van der Waals surface area contributed by atoms with E-state index in [1.54, 1.807) is 12.1 Å². The van der Waals surface area contributed by atoms with Crippen molar-refractivity contribution in [3.8, 4) is 0 Å². The second-order valence-electron chi connectivity index (χ2n) is 4.66. The first-order valence-corrected chi connectivity index (χ1v) is 8.44. The van der Waals surface area contributed by atoms with E-state index in [0.29, 0.717) is 23.6 Å². The molecule has 0 aliphatic carbocycles. The second-order valence-corrected chi connectivity index (χ2v) is 6.90. The van der Waals surface area contributed by atoms with Crippen LogP contribution in [0.4, 0.5) is 4.39 Å². The first-order chi connectivity index (χ1) is 9.94. The van der Waals surface area contributed by atoms with Crippen molar-refractivity contribution in [3.63, 3.8) is 0 Å². The van der Waals surface area contributed by atoms with Crippen LogP contribution >= 0.6 is 11.6 Å². The highest BCUT2D eigenvalue weighted by atomic mass is 35.5. The first-order valence-electron chi connectivity index (χ1n) is 6.41. The third-order valence-electron chi connectivity index (χ3n) is 2.89. The third kappa shape index (κ3) is 5.46. The van der Waals surface area contributed by atoms with Gasteiger partial charge in [0.05, 0.1) is 5.75 Å². The fourth-order valence-electron chi connectivity index (χ4n) is 1.89. The maximum Gasteiger partial charge on any atom is 0.215 e. The van der Waals surface area contributed by atoms with Gasteiger partial charge in [-0.1, -0.05) is 35.9 Å². The molecule has 0 heterocycles. The van der Waals surface area contributed by atoms with Crippen LogP contribution in [0.5, 0.6) is 0 Å². The zero-order valence-corrected chi connectivity index (χ0v) is 12.8. The van der Waals surface area contributed by atoms with Crippen molar-refractivity contribution in [2.24, 2.45) is 0 Å². The van der Waals surface area contributed by atoms with Gasteiger partial charge in [0.25, 0.3) is 0 Å². The van der Waals surface area contributed by atoms with E-state index in [0.717, 1.165) is 5.56 Å².